The number of nitrogens with two attached hydrogens (primary N) is 1. The molecule has 0 atom stereocenters. The first kappa shape index (κ1) is 14.2. The van der Waals surface area contributed by atoms with Crippen molar-refractivity contribution in [2.24, 2.45) is 0 Å². The van der Waals surface area contributed by atoms with Crippen molar-refractivity contribution in [3.05, 3.63) is 46.2 Å². The number of para-hydroxylation sites is 1. The Morgan fingerprint density at radius 3 is 2.81 bits per heavy atom. The fourth-order valence-electron chi connectivity index (χ4n) is 2.42. The lowest BCUT2D eigenvalue weighted by Crippen LogP contribution is -2.24. The van der Waals surface area contributed by atoms with Gasteiger partial charge in [-0.05, 0) is 41.9 Å². The Balaban J connectivity index is 1.98. The molecule has 2 N–H and O–H groups in total. The summed E-state index contributed by atoms with van der Waals surface area (Å²) >= 11 is 3.10. The van der Waals surface area contributed by atoms with Crippen molar-refractivity contribution in [2.45, 2.75) is 25.9 Å². The SMILES string of the molecule is CC1(C)Cc2cccc(Oc3cc(F)c(Br)cc3N)c2O1. The van der Waals surface area contributed by atoms with E-state index in [4.69, 9.17) is 15.2 Å². The van der Waals surface area contributed by atoms with E-state index in [1.807, 2.05) is 26.0 Å². The molecule has 0 saturated carbocycles. The van der Waals surface area contributed by atoms with E-state index >= 15 is 0 Å². The second-order valence-corrected chi connectivity index (χ2v) is 6.54. The molecule has 0 aromatic heterocycles. The molecular weight excluding hydrogens is 337 g/mol. The summed E-state index contributed by atoms with van der Waals surface area (Å²) in [5.74, 6) is 1.10. The van der Waals surface area contributed by atoms with Crippen LogP contribution in [0.1, 0.15) is 19.4 Å². The summed E-state index contributed by atoms with van der Waals surface area (Å²) in [6, 6.07) is 8.43. The van der Waals surface area contributed by atoms with E-state index in [0.717, 1.165) is 12.0 Å². The Morgan fingerprint density at radius 1 is 1.29 bits per heavy atom. The molecule has 0 saturated heterocycles. The van der Waals surface area contributed by atoms with Gasteiger partial charge in [0.1, 0.15) is 11.4 Å². The van der Waals surface area contributed by atoms with Crippen LogP contribution >= 0.6 is 15.9 Å². The first-order chi connectivity index (χ1) is 9.85. The van der Waals surface area contributed by atoms with Crippen molar-refractivity contribution in [3.8, 4) is 17.2 Å². The summed E-state index contributed by atoms with van der Waals surface area (Å²) in [6.45, 7) is 4.04. The minimum atomic E-state index is -0.423. The highest BCUT2D eigenvalue weighted by Gasteiger charge is 2.32. The van der Waals surface area contributed by atoms with Crippen molar-refractivity contribution in [1.82, 2.24) is 0 Å². The van der Waals surface area contributed by atoms with Gasteiger partial charge < -0.3 is 15.2 Å². The van der Waals surface area contributed by atoms with Crippen molar-refractivity contribution in [3.63, 3.8) is 0 Å². The van der Waals surface area contributed by atoms with E-state index in [9.17, 15) is 4.39 Å². The number of ether oxygens (including phenoxy) is 2. The van der Waals surface area contributed by atoms with Crippen LogP contribution in [-0.2, 0) is 6.42 Å². The van der Waals surface area contributed by atoms with Crippen molar-refractivity contribution < 1.29 is 13.9 Å². The Bertz CT molecular complexity index is 716. The second-order valence-electron chi connectivity index (χ2n) is 5.69. The molecule has 2 aromatic rings. The van der Waals surface area contributed by atoms with Gasteiger partial charge in [0.25, 0.3) is 0 Å². The average molecular weight is 352 g/mol. The monoisotopic (exact) mass is 351 g/mol. The van der Waals surface area contributed by atoms with E-state index in [-0.39, 0.29) is 11.4 Å². The maximum Gasteiger partial charge on any atom is 0.169 e. The van der Waals surface area contributed by atoms with E-state index in [1.165, 1.54) is 12.1 Å². The highest BCUT2D eigenvalue weighted by Crippen LogP contribution is 2.44. The van der Waals surface area contributed by atoms with Crippen LogP contribution in [0.5, 0.6) is 17.2 Å². The third kappa shape index (κ3) is 2.70. The largest absolute Gasteiger partial charge is 0.483 e. The number of nitrogen functional groups attached to an aromatic ring is 1. The predicted octanol–water partition coefficient (Wildman–Crippen LogP) is 4.68. The number of rotatable bonds is 2. The summed E-state index contributed by atoms with van der Waals surface area (Å²) in [7, 11) is 0. The zero-order valence-electron chi connectivity index (χ0n) is 11.7. The van der Waals surface area contributed by atoms with Crippen molar-refractivity contribution in [1.29, 1.82) is 0 Å². The highest BCUT2D eigenvalue weighted by molar-refractivity contribution is 9.10. The predicted molar refractivity (Wildman–Crippen MR) is 83.4 cm³/mol. The topological polar surface area (TPSA) is 44.5 Å². The lowest BCUT2D eigenvalue weighted by Gasteiger charge is -2.18. The van der Waals surface area contributed by atoms with Crippen molar-refractivity contribution in [2.75, 3.05) is 5.73 Å². The molecular formula is C16H15BrFNO2. The van der Waals surface area contributed by atoms with Crippen LogP contribution in [0, 0.1) is 5.82 Å². The molecule has 5 heteroatoms. The number of fused-ring (bicyclic) bond motifs is 1. The van der Waals surface area contributed by atoms with Crippen LogP contribution in [0.2, 0.25) is 0 Å². The molecule has 21 heavy (non-hydrogen) atoms. The molecule has 110 valence electrons. The molecule has 3 rings (SSSR count). The van der Waals surface area contributed by atoms with Gasteiger partial charge in [0.05, 0.1) is 10.2 Å². The number of hydrogen-bond donors (Lipinski definition) is 1. The first-order valence-corrected chi connectivity index (χ1v) is 7.38. The fourth-order valence-corrected chi connectivity index (χ4v) is 2.78. The van der Waals surface area contributed by atoms with Gasteiger partial charge in [-0.15, -0.1) is 0 Å². The molecule has 0 unspecified atom stereocenters. The van der Waals surface area contributed by atoms with Gasteiger partial charge in [-0.2, -0.15) is 0 Å². The minimum Gasteiger partial charge on any atom is -0.483 e. The standard InChI is InChI=1S/C16H15BrFNO2/c1-16(2)8-9-4-3-5-13(15(9)21-16)20-14-7-11(18)10(17)6-12(14)19/h3-7H,8,19H2,1-2H3. The molecule has 3 nitrogen and oxygen atoms in total. The van der Waals surface area contributed by atoms with Gasteiger partial charge in [0, 0.05) is 18.1 Å². The molecule has 1 aliphatic rings. The van der Waals surface area contributed by atoms with Crippen molar-refractivity contribution >= 4 is 21.6 Å². The first-order valence-electron chi connectivity index (χ1n) is 6.59. The summed E-state index contributed by atoms with van der Waals surface area (Å²) in [4.78, 5) is 0. The fraction of sp³-hybridized carbons (Fsp3) is 0.250. The van der Waals surface area contributed by atoms with E-state index in [1.54, 1.807) is 6.07 Å². The Morgan fingerprint density at radius 2 is 2.05 bits per heavy atom. The molecule has 0 amide bonds. The normalized spacial score (nSPS) is 15.4. The maximum absolute atomic E-state index is 13.6. The molecule has 0 spiro atoms. The van der Waals surface area contributed by atoms with E-state index in [0.29, 0.717) is 21.7 Å². The number of benzene rings is 2. The van der Waals surface area contributed by atoms with E-state index in [2.05, 4.69) is 15.9 Å². The Labute approximate surface area is 131 Å². The minimum absolute atomic E-state index is 0.266. The van der Waals surface area contributed by atoms with Crippen LogP contribution in [0.3, 0.4) is 0 Å². The zero-order valence-corrected chi connectivity index (χ0v) is 13.3. The average Bonchev–Trinajstić information content (AvgIpc) is 2.71. The number of anilines is 1. The van der Waals surface area contributed by atoms with Gasteiger partial charge in [-0.25, -0.2) is 4.39 Å². The van der Waals surface area contributed by atoms with Crippen LogP contribution in [-0.4, -0.2) is 5.60 Å². The van der Waals surface area contributed by atoms with Gasteiger partial charge in [-0.1, -0.05) is 12.1 Å². The smallest absolute Gasteiger partial charge is 0.169 e. The summed E-state index contributed by atoms with van der Waals surface area (Å²) < 4.78 is 25.6. The molecule has 1 heterocycles. The quantitative estimate of drug-likeness (QED) is 0.799. The van der Waals surface area contributed by atoms with Gasteiger partial charge in [0.2, 0.25) is 0 Å². The second kappa shape index (κ2) is 4.91. The lowest BCUT2D eigenvalue weighted by atomic mass is 10.0. The number of hydrogen-bond acceptors (Lipinski definition) is 3. The Kier molecular flexibility index (Phi) is 3.32. The lowest BCUT2D eigenvalue weighted by molar-refractivity contribution is 0.135. The van der Waals surface area contributed by atoms with E-state index < -0.39 is 5.82 Å². The Hall–Kier alpha value is -1.75. The van der Waals surface area contributed by atoms with Crippen LogP contribution in [0.15, 0.2) is 34.8 Å². The zero-order chi connectivity index (χ0) is 15.2. The molecule has 0 bridgehead atoms. The third-order valence-corrected chi connectivity index (χ3v) is 3.94. The van der Waals surface area contributed by atoms with Crippen LogP contribution < -0.4 is 15.2 Å². The molecule has 0 aliphatic carbocycles. The number of halogens is 2. The summed E-state index contributed by atoms with van der Waals surface area (Å²) in [5.41, 5.74) is 7.05. The van der Waals surface area contributed by atoms with Crippen LogP contribution in [0.4, 0.5) is 10.1 Å². The molecule has 2 aromatic carbocycles. The molecule has 0 fully saturated rings. The van der Waals surface area contributed by atoms with Gasteiger partial charge in [0.15, 0.2) is 17.2 Å². The molecule has 0 radical (unpaired) electrons. The summed E-state index contributed by atoms with van der Waals surface area (Å²) in [5, 5.41) is 0. The summed E-state index contributed by atoms with van der Waals surface area (Å²) in [6.07, 6.45) is 0.809. The van der Waals surface area contributed by atoms with Gasteiger partial charge >= 0.3 is 0 Å². The van der Waals surface area contributed by atoms with Gasteiger partial charge in [-0.3, -0.25) is 0 Å². The molecule has 1 aliphatic heterocycles. The third-order valence-electron chi connectivity index (χ3n) is 3.33. The highest BCUT2D eigenvalue weighted by atomic mass is 79.9. The maximum atomic E-state index is 13.6. The van der Waals surface area contributed by atoms with Crippen LogP contribution in [0.25, 0.3) is 0 Å².